The lowest BCUT2D eigenvalue weighted by Crippen LogP contribution is -2.78. The number of rotatable bonds is 6. The summed E-state index contributed by atoms with van der Waals surface area (Å²) in [4.78, 5) is 2.34. The van der Waals surface area contributed by atoms with Gasteiger partial charge in [0.05, 0.1) is 18.4 Å². The number of para-hydroxylation sites is 1. The Morgan fingerprint density at radius 2 is 2.00 bits per heavy atom. The van der Waals surface area contributed by atoms with Gasteiger partial charge in [0.1, 0.15) is 16.7 Å². The van der Waals surface area contributed by atoms with E-state index in [9.17, 15) is 0 Å². The van der Waals surface area contributed by atoms with Crippen molar-refractivity contribution in [3.63, 3.8) is 0 Å². The molecule has 2 fully saturated rings. The third-order valence-corrected chi connectivity index (χ3v) is 11.3. The molecule has 1 saturated carbocycles. The summed E-state index contributed by atoms with van der Waals surface area (Å²) in [5, 5.41) is 29.8. The van der Waals surface area contributed by atoms with Crippen molar-refractivity contribution in [2.24, 2.45) is 5.41 Å². The zero-order valence-electron chi connectivity index (χ0n) is 22.6. The second-order valence-corrected chi connectivity index (χ2v) is 12.6. The number of ether oxygens (including phenoxy) is 3. The van der Waals surface area contributed by atoms with Crippen molar-refractivity contribution in [3.05, 3.63) is 70.8 Å². The summed E-state index contributed by atoms with van der Waals surface area (Å²) in [6.07, 6.45) is 6.98. The number of nitrogens with one attached hydrogen (secondary N) is 2. The molecule has 10 rings (SSSR count). The van der Waals surface area contributed by atoms with Gasteiger partial charge in [0, 0.05) is 36.4 Å². The van der Waals surface area contributed by atoms with Crippen LogP contribution in [0.5, 0.6) is 11.5 Å². The Balaban J connectivity index is 1.23. The monoisotopic (exact) mass is 568 g/mol. The highest BCUT2D eigenvalue weighted by atomic mass is 32.1. The Kier molecular flexibility index (Phi) is 4.64. The number of aromatic nitrogens is 6. The number of H-pyrrole nitrogens is 1. The largest absolute Gasteiger partial charge is 0.493 e. The fraction of sp³-hybridized carbons (Fsp3) is 0.414. The minimum atomic E-state index is -0.719. The molecule has 4 heterocycles. The number of benzene rings is 2. The third-order valence-electron chi connectivity index (χ3n) is 10.4. The fourth-order valence-corrected chi connectivity index (χ4v) is 9.80. The number of hydrogen-bond donors (Lipinski definition) is 2. The number of aromatic amines is 1. The van der Waals surface area contributed by atoms with Gasteiger partial charge >= 0.3 is 0 Å². The number of tetrazole rings is 1. The molecule has 0 amide bonds. The van der Waals surface area contributed by atoms with E-state index in [1.54, 1.807) is 25.6 Å². The molecule has 4 aromatic rings. The first-order valence-corrected chi connectivity index (χ1v) is 14.7. The normalized spacial score (nSPS) is 33.4. The van der Waals surface area contributed by atoms with Crippen molar-refractivity contribution >= 4 is 28.1 Å². The van der Waals surface area contributed by atoms with Crippen molar-refractivity contribution in [2.45, 2.75) is 48.3 Å². The summed E-state index contributed by atoms with van der Waals surface area (Å²) in [6.45, 7) is 0.796. The molecule has 2 N–H and O–H groups in total. The standard InChI is InChI=1S/C29H28N8O3S/c1-38-19-9-8-16-14-20-27-10-11-29(39-2,18(15-27)23-31-34-26(41-23)30-17-6-4-3-5-7-17)24-28(27,21(16)22(19)40-24)12-13-37(20)25-32-35-36-33-25/h3-11,18,20,24H,12-15H2,1-2H3,(H,30,34)(H,32,33,35,36)/t18-,20-,24-,27-,28+,29-/m1/s1. The number of methoxy groups -OCH3 is 2. The minimum absolute atomic E-state index is 0.0611. The average Bonchev–Trinajstić information content (AvgIpc) is 3.77. The van der Waals surface area contributed by atoms with Crippen LogP contribution in [-0.2, 0) is 16.6 Å². The topological polar surface area (TPSA) is 123 Å². The van der Waals surface area contributed by atoms with Crippen LogP contribution in [0.25, 0.3) is 0 Å². The maximum atomic E-state index is 7.08. The van der Waals surface area contributed by atoms with Crippen molar-refractivity contribution in [3.8, 4) is 11.5 Å². The lowest BCUT2D eigenvalue weighted by molar-refractivity contribution is -0.178. The first kappa shape index (κ1) is 23.7. The second-order valence-electron chi connectivity index (χ2n) is 11.6. The molecule has 208 valence electrons. The van der Waals surface area contributed by atoms with Gasteiger partial charge in [0.2, 0.25) is 5.13 Å². The number of piperidine rings is 1. The van der Waals surface area contributed by atoms with Gasteiger partial charge in [0.25, 0.3) is 5.95 Å². The molecule has 2 aromatic carbocycles. The molecular weight excluding hydrogens is 540 g/mol. The van der Waals surface area contributed by atoms with Crippen LogP contribution in [0.15, 0.2) is 54.6 Å². The molecular formula is C29H28N8O3S. The maximum Gasteiger partial charge on any atom is 0.266 e. The molecule has 11 nitrogen and oxygen atoms in total. The Labute approximate surface area is 239 Å². The molecule has 12 heteroatoms. The number of nitrogens with zero attached hydrogens (tertiary/aromatic N) is 6. The van der Waals surface area contributed by atoms with Crippen LogP contribution in [0.4, 0.5) is 16.8 Å². The van der Waals surface area contributed by atoms with E-state index in [1.165, 1.54) is 11.1 Å². The van der Waals surface area contributed by atoms with Gasteiger partial charge in [-0.3, -0.25) is 0 Å². The van der Waals surface area contributed by atoms with Crippen molar-refractivity contribution < 1.29 is 14.2 Å². The molecule has 6 aliphatic rings. The van der Waals surface area contributed by atoms with Crippen molar-refractivity contribution in [1.82, 2.24) is 30.8 Å². The predicted octanol–water partition coefficient (Wildman–Crippen LogP) is 3.77. The highest BCUT2D eigenvalue weighted by Gasteiger charge is 2.80. The van der Waals surface area contributed by atoms with E-state index in [1.807, 2.05) is 36.4 Å². The van der Waals surface area contributed by atoms with Gasteiger partial charge in [-0.15, -0.1) is 15.3 Å². The highest BCUT2D eigenvalue weighted by Crippen LogP contribution is 2.76. The first-order chi connectivity index (χ1) is 20.1. The van der Waals surface area contributed by atoms with Crippen LogP contribution in [0.3, 0.4) is 0 Å². The van der Waals surface area contributed by atoms with Crippen LogP contribution < -0.4 is 19.7 Å². The van der Waals surface area contributed by atoms with Crippen molar-refractivity contribution in [1.29, 1.82) is 0 Å². The van der Waals surface area contributed by atoms with E-state index in [0.717, 1.165) is 53.1 Å². The number of fused-ring (bicyclic) bond motifs is 1. The van der Waals surface area contributed by atoms with Gasteiger partial charge in [-0.2, -0.15) is 5.21 Å². The SMILES string of the molecule is COc1ccc2c3c1O[C@H]1[C@@]4(OC)C=C[C@@]5(C[C@@H]4c4nnc(Nc6ccccc6)s4)[C@@H](C2)N(c2nn[nH]n2)CC[C@]315. The Hall–Kier alpha value is -4.03. The predicted molar refractivity (Wildman–Crippen MR) is 151 cm³/mol. The van der Waals surface area contributed by atoms with E-state index in [0.29, 0.717) is 5.95 Å². The molecule has 2 spiro atoms. The van der Waals surface area contributed by atoms with E-state index < -0.39 is 5.60 Å². The molecule has 2 aromatic heterocycles. The summed E-state index contributed by atoms with van der Waals surface area (Å²) in [5.41, 5.74) is 2.28. The average molecular weight is 569 g/mol. The maximum absolute atomic E-state index is 7.08. The van der Waals surface area contributed by atoms with E-state index in [2.05, 4.69) is 54.2 Å². The summed E-state index contributed by atoms with van der Waals surface area (Å²) in [6, 6.07) is 14.4. The van der Waals surface area contributed by atoms with Crippen LogP contribution >= 0.6 is 11.3 Å². The van der Waals surface area contributed by atoms with Gasteiger partial charge < -0.3 is 24.4 Å². The molecule has 1 saturated heterocycles. The number of hydrogen-bond acceptors (Lipinski definition) is 11. The van der Waals surface area contributed by atoms with Crippen LogP contribution in [0, 0.1) is 5.41 Å². The quantitative estimate of drug-likeness (QED) is 0.332. The first-order valence-electron chi connectivity index (χ1n) is 13.9. The van der Waals surface area contributed by atoms with Crippen LogP contribution in [0.1, 0.15) is 34.9 Å². The fourth-order valence-electron chi connectivity index (χ4n) is 8.86. The molecule has 4 aliphatic carbocycles. The molecule has 0 radical (unpaired) electrons. The van der Waals surface area contributed by atoms with Gasteiger partial charge in [-0.1, -0.05) is 52.9 Å². The minimum Gasteiger partial charge on any atom is -0.493 e. The molecule has 2 aliphatic heterocycles. The summed E-state index contributed by atoms with van der Waals surface area (Å²) < 4.78 is 19.5. The lowest BCUT2D eigenvalue weighted by atomic mass is 9.37. The van der Waals surface area contributed by atoms with Crippen molar-refractivity contribution in [2.75, 3.05) is 31.0 Å². The molecule has 6 atom stereocenters. The summed E-state index contributed by atoms with van der Waals surface area (Å²) in [7, 11) is 3.52. The summed E-state index contributed by atoms with van der Waals surface area (Å²) >= 11 is 1.58. The zero-order valence-corrected chi connectivity index (χ0v) is 23.4. The Bertz CT molecular complexity index is 1700. The second kappa shape index (κ2) is 8.04. The third kappa shape index (κ3) is 2.74. The van der Waals surface area contributed by atoms with Gasteiger partial charge in [-0.05, 0) is 48.2 Å². The van der Waals surface area contributed by atoms with Gasteiger partial charge in [0.15, 0.2) is 11.5 Å². The van der Waals surface area contributed by atoms with Crippen LogP contribution in [-0.4, -0.2) is 69.3 Å². The summed E-state index contributed by atoms with van der Waals surface area (Å²) in [5.74, 6) is 2.21. The lowest BCUT2D eigenvalue weighted by Gasteiger charge is -2.70. The molecule has 41 heavy (non-hydrogen) atoms. The van der Waals surface area contributed by atoms with Crippen LogP contribution in [0.2, 0.25) is 0 Å². The Morgan fingerprint density at radius 1 is 1.10 bits per heavy atom. The molecule has 4 bridgehead atoms. The van der Waals surface area contributed by atoms with E-state index >= 15 is 0 Å². The van der Waals surface area contributed by atoms with E-state index in [4.69, 9.17) is 19.3 Å². The highest BCUT2D eigenvalue weighted by molar-refractivity contribution is 7.15. The number of anilines is 3. The molecule has 0 unspecified atom stereocenters. The zero-order chi connectivity index (χ0) is 27.4. The van der Waals surface area contributed by atoms with E-state index in [-0.39, 0.29) is 28.9 Å². The Morgan fingerprint density at radius 3 is 2.80 bits per heavy atom. The van der Waals surface area contributed by atoms with Gasteiger partial charge in [-0.25, -0.2) is 0 Å². The smallest absolute Gasteiger partial charge is 0.266 e.